The topological polar surface area (TPSA) is 97.5 Å². The Morgan fingerprint density at radius 3 is 2.00 bits per heavy atom. The van der Waals surface area contributed by atoms with Crippen molar-refractivity contribution in [1.29, 1.82) is 0 Å². The van der Waals surface area contributed by atoms with Crippen molar-refractivity contribution in [1.82, 2.24) is 0 Å². The molecule has 0 spiro atoms. The second-order valence-electron chi connectivity index (χ2n) is 2.25. The van der Waals surface area contributed by atoms with Crippen LogP contribution in [-0.4, -0.2) is 54.2 Å². The normalized spacial score (nSPS) is 9.00. The number of hydrogen-bond donors (Lipinski definition) is 2. The molecular weight excluding hydrogens is 217 g/mol. The fourth-order valence-corrected chi connectivity index (χ4v) is 0.980. The molecule has 0 unspecified atom stereocenters. The molecule has 5 nitrogen and oxygen atoms in total. The SMILES string of the molecule is C=CC(N)=O.CCCCS(=O)(=O)O.[NaH]. The summed E-state index contributed by atoms with van der Waals surface area (Å²) >= 11 is 0. The first kappa shape index (κ1) is 19.7. The zero-order chi connectivity index (χ0) is 10.9. The van der Waals surface area contributed by atoms with Gasteiger partial charge in [-0.3, -0.25) is 9.35 Å². The first-order chi connectivity index (χ1) is 5.83. The van der Waals surface area contributed by atoms with Gasteiger partial charge in [0.2, 0.25) is 5.91 Å². The fraction of sp³-hybridized carbons (Fsp3) is 0.571. The van der Waals surface area contributed by atoms with Crippen LogP contribution in [0.5, 0.6) is 0 Å². The summed E-state index contributed by atoms with van der Waals surface area (Å²) in [5, 5.41) is 0. The molecule has 0 rings (SSSR count). The minimum atomic E-state index is -3.69. The van der Waals surface area contributed by atoms with E-state index in [4.69, 9.17) is 4.55 Å². The van der Waals surface area contributed by atoms with Gasteiger partial charge in [-0.05, 0) is 12.5 Å². The third-order valence-corrected chi connectivity index (χ3v) is 1.76. The molecule has 0 atom stereocenters. The van der Waals surface area contributed by atoms with Crippen molar-refractivity contribution < 1.29 is 17.8 Å². The third kappa shape index (κ3) is 29.6. The van der Waals surface area contributed by atoms with Gasteiger partial charge in [-0.1, -0.05) is 19.9 Å². The third-order valence-electron chi connectivity index (χ3n) is 0.957. The summed E-state index contributed by atoms with van der Waals surface area (Å²) in [6.07, 6.45) is 2.39. The van der Waals surface area contributed by atoms with Gasteiger partial charge in [-0.15, -0.1) is 0 Å². The van der Waals surface area contributed by atoms with Gasteiger partial charge in [0.15, 0.2) is 0 Å². The number of carbonyl (C=O) groups is 1. The van der Waals surface area contributed by atoms with Crippen molar-refractivity contribution in [3.8, 4) is 0 Å². The maximum atomic E-state index is 9.95. The Bertz CT molecular complexity index is 250. The first-order valence-corrected chi connectivity index (χ1v) is 5.31. The van der Waals surface area contributed by atoms with Crippen molar-refractivity contribution in [2.45, 2.75) is 19.8 Å². The summed E-state index contributed by atoms with van der Waals surface area (Å²) < 4.78 is 28.0. The standard InChI is InChI=1S/C4H10O3S.C3H5NO.Na.H/c1-2-3-4-8(5,6)7;1-2-3(4)5;;/h2-4H2,1H3,(H,5,6,7);2H,1H2,(H2,4,5);;. The van der Waals surface area contributed by atoms with Crippen LogP contribution in [0.15, 0.2) is 12.7 Å². The Kier molecular flexibility index (Phi) is 15.7. The number of rotatable bonds is 4. The van der Waals surface area contributed by atoms with E-state index in [2.05, 4.69) is 12.3 Å². The molecule has 3 N–H and O–H groups in total. The van der Waals surface area contributed by atoms with Gasteiger partial charge >= 0.3 is 29.6 Å². The van der Waals surface area contributed by atoms with Crippen LogP contribution in [0.3, 0.4) is 0 Å². The molecule has 0 heterocycles. The maximum absolute atomic E-state index is 9.95. The number of hydrogen-bond acceptors (Lipinski definition) is 3. The monoisotopic (exact) mass is 233 g/mol. The molecule has 0 aromatic carbocycles. The minimum absolute atomic E-state index is 0. The van der Waals surface area contributed by atoms with E-state index in [1.165, 1.54) is 0 Å². The number of carbonyl (C=O) groups excluding carboxylic acids is 1. The van der Waals surface area contributed by atoms with E-state index in [1.807, 2.05) is 6.92 Å². The molecule has 0 bridgehead atoms. The van der Waals surface area contributed by atoms with Gasteiger partial charge in [0.1, 0.15) is 0 Å². The number of nitrogens with two attached hydrogens (primary N) is 1. The molecule has 0 aromatic heterocycles. The van der Waals surface area contributed by atoms with Crippen LogP contribution in [0.2, 0.25) is 0 Å². The van der Waals surface area contributed by atoms with Gasteiger partial charge in [0.25, 0.3) is 10.1 Å². The predicted octanol–water partition coefficient (Wildman–Crippen LogP) is -0.316. The fourth-order valence-electron chi connectivity index (χ4n) is 0.327. The zero-order valence-electron chi connectivity index (χ0n) is 7.56. The molecule has 0 saturated heterocycles. The Morgan fingerprint density at radius 2 is 1.93 bits per heavy atom. The van der Waals surface area contributed by atoms with Gasteiger partial charge in [0.05, 0.1) is 5.75 Å². The first-order valence-electron chi connectivity index (χ1n) is 3.70. The van der Waals surface area contributed by atoms with Crippen molar-refractivity contribution in [3.63, 3.8) is 0 Å². The molecule has 14 heavy (non-hydrogen) atoms. The molecule has 0 aromatic rings. The average molecular weight is 233 g/mol. The second kappa shape index (κ2) is 11.2. The number of amides is 1. The van der Waals surface area contributed by atoms with E-state index in [0.717, 1.165) is 12.5 Å². The zero-order valence-corrected chi connectivity index (χ0v) is 8.38. The molecule has 7 heteroatoms. The molecule has 1 amide bonds. The van der Waals surface area contributed by atoms with E-state index in [1.54, 1.807) is 0 Å². The average Bonchev–Trinajstić information content (AvgIpc) is 2.00. The molecule has 80 valence electrons. The summed E-state index contributed by atoms with van der Waals surface area (Å²) in [4.78, 5) is 9.47. The van der Waals surface area contributed by atoms with Gasteiger partial charge in [0, 0.05) is 0 Å². The van der Waals surface area contributed by atoms with Crippen molar-refractivity contribution >= 4 is 45.6 Å². The Hall–Kier alpha value is 0.120. The van der Waals surface area contributed by atoms with Crippen LogP contribution >= 0.6 is 0 Å². The quantitative estimate of drug-likeness (QED) is 0.395. The second-order valence-corrected chi connectivity index (χ2v) is 3.82. The number of unbranched alkanes of at least 4 members (excludes halogenated alkanes) is 1. The van der Waals surface area contributed by atoms with Crippen LogP contribution < -0.4 is 5.73 Å². The summed E-state index contributed by atoms with van der Waals surface area (Å²) in [6, 6.07) is 0. The van der Waals surface area contributed by atoms with Crippen molar-refractivity contribution in [3.05, 3.63) is 12.7 Å². The number of primary amides is 1. The summed E-state index contributed by atoms with van der Waals surface area (Å²) in [6.45, 7) is 4.95. The molecule has 0 radical (unpaired) electrons. The van der Waals surface area contributed by atoms with Gasteiger partial charge < -0.3 is 5.73 Å². The molecule has 0 aliphatic rings. The predicted molar refractivity (Wildman–Crippen MR) is 57.9 cm³/mol. The van der Waals surface area contributed by atoms with Gasteiger partial charge in [-0.25, -0.2) is 0 Å². The van der Waals surface area contributed by atoms with Gasteiger partial charge in [-0.2, -0.15) is 8.42 Å². The van der Waals surface area contributed by atoms with Crippen LogP contribution in [0.4, 0.5) is 0 Å². The van der Waals surface area contributed by atoms with E-state index >= 15 is 0 Å². The molecular formula is C7H16NNaO4S. The Morgan fingerprint density at radius 1 is 1.57 bits per heavy atom. The molecule has 0 aliphatic heterocycles. The van der Waals surface area contributed by atoms with E-state index < -0.39 is 16.0 Å². The van der Waals surface area contributed by atoms with Crippen LogP contribution in [0.1, 0.15) is 19.8 Å². The van der Waals surface area contributed by atoms with Crippen LogP contribution in [0, 0.1) is 0 Å². The summed E-state index contributed by atoms with van der Waals surface area (Å²) in [5.41, 5.74) is 4.53. The van der Waals surface area contributed by atoms with Crippen LogP contribution in [0.25, 0.3) is 0 Å². The van der Waals surface area contributed by atoms with E-state index in [9.17, 15) is 13.2 Å². The Balaban J connectivity index is -0.000000177. The molecule has 0 saturated carbocycles. The Labute approximate surface area is 107 Å². The van der Waals surface area contributed by atoms with E-state index in [0.29, 0.717) is 6.42 Å². The van der Waals surface area contributed by atoms with Crippen LogP contribution in [-0.2, 0) is 14.9 Å². The van der Waals surface area contributed by atoms with Crippen molar-refractivity contribution in [2.75, 3.05) is 5.75 Å². The molecule has 0 aliphatic carbocycles. The summed E-state index contributed by atoms with van der Waals surface area (Å²) in [7, 11) is -3.69. The summed E-state index contributed by atoms with van der Waals surface area (Å²) in [5.74, 6) is -0.589. The van der Waals surface area contributed by atoms with Crippen molar-refractivity contribution in [2.24, 2.45) is 5.73 Å². The molecule has 0 fully saturated rings. The van der Waals surface area contributed by atoms with E-state index in [-0.39, 0.29) is 35.3 Å².